The Hall–Kier alpha value is -2.91. The summed E-state index contributed by atoms with van der Waals surface area (Å²) in [5.74, 6) is 0.688. The van der Waals surface area contributed by atoms with Crippen molar-refractivity contribution in [1.82, 2.24) is 14.9 Å². The molecule has 10 heteroatoms. The zero-order valence-electron chi connectivity index (χ0n) is 14.2. The lowest BCUT2D eigenvalue weighted by Crippen LogP contribution is -1.98. The minimum atomic E-state index is -0.435. The Labute approximate surface area is 164 Å². The number of nitro benzene ring substituents is 1. The lowest BCUT2D eigenvalue weighted by atomic mass is 10.2. The van der Waals surface area contributed by atoms with E-state index >= 15 is 0 Å². The highest BCUT2D eigenvalue weighted by Crippen LogP contribution is 2.25. The monoisotopic (exact) mass is 402 g/mol. The van der Waals surface area contributed by atoms with E-state index in [4.69, 9.17) is 11.6 Å². The number of hydrogen-bond acceptors (Lipinski definition) is 7. The van der Waals surface area contributed by atoms with Gasteiger partial charge in [0.25, 0.3) is 5.69 Å². The lowest BCUT2D eigenvalue weighted by molar-refractivity contribution is -0.383. The molecule has 0 aliphatic heterocycles. The molecule has 3 aromatic rings. The minimum Gasteiger partial charge on any atom is -0.383 e. The summed E-state index contributed by atoms with van der Waals surface area (Å²) in [6, 6.07) is 12.4. The first-order valence-electron chi connectivity index (χ1n) is 7.84. The molecule has 1 heterocycles. The number of nitro groups is 1. The number of aromatic nitrogens is 3. The van der Waals surface area contributed by atoms with Crippen molar-refractivity contribution in [3.05, 3.63) is 75.1 Å². The van der Waals surface area contributed by atoms with Crippen LogP contribution in [0.15, 0.2) is 59.0 Å². The van der Waals surface area contributed by atoms with Crippen molar-refractivity contribution in [3.8, 4) is 0 Å². The lowest BCUT2D eigenvalue weighted by Gasteiger charge is -2.03. The van der Waals surface area contributed by atoms with Crippen LogP contribution in [-0.2, 0) is 5.75 Å². The molecule has 2 aromatic carbocycles. The first-order chi connectivity index (χ1) is 13.1. The van der Waals surface area contributed by atoms with Gasteiger partial charge in [0.05, 0.1) is 11.1 Å². The molecule has 0 radical (unpaired) electrons. The summed E-state index contributed by atoms with van der Waals surface area (Å²) < 4.78 is 1.53. The predicted octanol–water partition coefficient (Wildman–Crippen LogP) is 4.06. The second-order valence-corrected chi connectivity index (χ2v) is 6.78. The second-order valence-electron chi connectivity index (χ2n) is 5.40. The highest BCUT2D eigenvalue weighted by molar-refractivity contribution is 7.98. The third-order valence-corrected chi connectivity index (χ3v) is 4.86. The van der Waals surface area contributed by atoms with E-state index < -0.39 is 4.92 Å². The zero-order chi connectivity index (χ0) is 19.2. The van der Waals surface area contributed by atoms with E-state index in [9.17, 15) is 10.1 Å². The van der Waals surface area contributed by atoms with Gasteiger partial charge in [0, 0.05) is 29.5 Å². The number of halogens is 1. The molecule has 0 spiro atoms. The standard InChI is InChI=1S/C17H15ClN6O2S/c1-19-15-7-4-13(8-16(15)24(25)26)9-21-23-11-20-22-17(23)27-10-12-2-5-14(18)6-3-12/h2-9,11,19H,10H2,1H3/b21-9+. The van der Waals surface area contributed by atoms with Gasteiger partial charge in [-0.05, 0) is 23.8 Å². The fourth-order valence-corrected chi connectivity index (χ4v) is 3.19. The molecule has 3 rings (SSSR count). The summed E-state index contributed by atoms with van der Waals surface area (Å²) in [4.78, 5) is 10.7. The van der Waals surface area contributed by atoms with Crippen LogP contribution in [0, 0.1) is 10.1 Å². The van der Waals surface area contributed by atoms with Crippen molar-refractivity contribution in [3.63, 3.8) is 0 Å². The molecule has 27 heavy (non-hydrogen) atoms. The quantitative estimate of drug-likeness (QED) is 0.277. The van der Waals surface area contributed by atoms with Gasteiger partial charge in [-0.2, -0.15) is 9.78 Å². The average molecular weight is 403 g/mol. The Bertz CT molecular complexity index is 974. The third kappa shape index (κ3) is 4.83. The summed E-state index contributed by atoms with van der Waals surface area (Å²) >= 11 is 7.36. The summed E-state index contributed by atoms with van der Waals surface area (Å²) in [6.45, 7) is 0. The van der Waals surface area contributed by atoms with Crippen LogP contribution in [0.2, 0.25) is 5.02 Å². The Morgan fingerprint density at radius 2 is 2.11 bits per heavy atom. The number of thioether (sulfide) groups is 1. The smallest absolute Gasteiger partial charge is 0.292 e. The van der Waals surface area contributed by atoms with Gasteiger partial charge in [-0.25, -0.2) is 0 Å². The first kappa shape index (κ1) is 18.9. The van der Waals surface area contributed by atoms with Gasteiger partial charge in [0.15, 0.2) is 0 Å². The fourth-order valence-electron chi connectivity index (χ4n) is 2.24. The Morgan fingerprint density at radius 1 is 1.33 bits per heavy atom. The molecule has 0 bridgehead atoms. The fraction of sp³-hybridized carbons (Fsp3) is 0.118. The van der Waals surface area contributed by atoms with Gasteiger partial charge in [-0.3, -0.25) is 10.1 Å². The zero-order valence-corrected chi connectivity index (χ0v) is 15.8. The number of benzene rings is 2. The van der Waals surface area contributed by atoms with Crippen LogP contribution in [0.1, 0.15) is 11.1 Å². The van der Waals surface area contributed by atoms with Gasteiger partial charge in [0.2, 0.25) is 5.16 Å². The predicted molar refractivity (Wildman–Crippen MR) is 107 cm³/mol. The molecule has 0 unspecified atom stereocenters. The number of nitrogens with one attached hydrogen (secondary N) is 1. The van der Waals surface area contributed by atoms with E-state index in [2.05, 4.69) is 20.6 Å². The summed E-state index contributed by atoms with van der Waals surface area (Å²) in [5, 5.41) is 27.5. The molecule has 0 aliphatic rings. The van der Waals surface area contributed by atoms with Gasteiger partial charge in [-0.1, -0.05) is 41.6 Å². The van der Waals surface area contributed by atoms with Gasteiger partial charge < -0.3 is 5.32 Å². The van der Waals surface area contributed by atoms with Crippen LogP contribution >= 0.6 is 23.4 Å². The third-order valence-electron chi connectivity index (χ3n) is 3.60. The summed E-state index contributed by atoms with van der Waals surface area (Å²) in [6.07, 6.45) is 3.01. The molecule has 8 nitrogen and oxygen atoms in total. The van der Waals surface area contributed by atoms with Crippen molar-refractivity contribution >= 4 is 41.0 Å². The van der Waals surface area contributed by atoms with E-state index in [0.29, 0.717) is 27.2 Å². The summed E-state index contributed by atoms with van der Waals surface area (Å²) in [7, 11) is 1.64. The van der Waals surface area contributed by atoms with Crippen molar-refractivity contribution in [2.75, 3.05) is 12.4 Å². The molecule has 0 saturated heterocycles. The largest absolute Gasteiger partial charge is 0.383 e. The van der Waals surface area contributed by atoms with Crippen LogP contribution in [-0.4, -0.2) is 33.1 Å². The number of hydrogen-bond donors (Lipinski definition) is 1. The molecule has 138 valence electrons. The number of anilines is 1. The van der Waals surface area contributed by atoms with Crippen molar-refractivity contribution in [2.24, 2.45) is 5.10 Å². The van der Waals surface area contributed by atoms with Crippen LogP contribution in [0.25, 0.3) is 0 Å². The molecule has 0 saturated carbocycles. The summed E-state index contributed by atoms with van der Waals surface area (Å²) in [5.41, 5.74) is 2.13. The molecule has 0 fully saturated rings. The Morgan fingerprint density at radius 3 is 2.81 bits per heavy atom. The van der Waals surface area contributed by atoms with E-state index in [1.54, 1.807) is 19.2 Å². The highest BCUT2D eigenvalue weighted by Gasteiger charge is 2.13. The van der Waals surface area contributed by atoms with Crippen LogP contribution in [0.4, 0.5) is 11.4 Å². The van der Waals surface area contributed by atoms with E-state index in [-0.39, 0.29) is 5.69 Å². The van der Waals surface area contributed by atoms with E-state index in [1.165, 1.54) is 35.0 Å². The molecule has 1 aromatic heterocycles. The molecule has 0 aliphatic carbocycles. The molecular formula is C17H15ClN6O2S. The molecular weight excluding hydrogens is 388 g/mol. The molecule has 0 amide bonds. The number of rotatable bonds is 7. The SMILES string of the molecule is CNc1ccc(/C=N/n2cnnc2SCc2ccc(Cl)cc2)cc1[N+](=O)[O-]. The molecule has 1 N–H and O–H groups in total. The van der Waals surface area contributed by atoms with Crippen LogP contribution < -0.4 is 5.32 Å². The van der Waals surface area contributed by atoms with Gasteiger partial charge in [0.1, 0.15) is 12.0 Å². The molecule has 0 atom stereocenters. The Balaban J connectivity index is 1.73. The maximum absolute atomic E-state index is 11.1. The number of nitrogens with zero attached hydrogens (tertiary/aromatic N) is 5. The van der Waals surface area contributed by atoms with Crippen LogP contribution in [0.3, 0.4) is 0 Å². The Kier molecular flexibility index (Phi) is 6.05. The first-order valence-corrected chi connectivity index (χ1v) is 9.21. The van der Waals surface area contributed by atoms with Gasteiger partial charge in [-0.15, -0.1) is 10.2 Å². The van der Waals surface area contributed by atoms with Crippen molar-refractivity contribution in [2.45, 2.75) is 10.9 Å². The van der Waals surface area contributed by atoms with Crippen molar-refractivity contribution < 1.29 is 4.92 Å². The van der Waals surface area contributed by atoms with Gasteiger partial charge >= 0.3 is 0 Å². The average Bonchev–Trinajstić information content (AvgIpc) is 3.13. The van der Waals surface area contributed by atoms with E-state index in [1.807, 2.05) is 24.3 Å². The van der Waals surface area contributed by atoms with Crippen molar-refractivity contribution in [1.29, 1.82) is 0 Å². The maximum atomic E-state index is 11.1. The van der Waals surface area contributed by atoms with E-state index in [0.717, 1.165) is 5.56 Å². The van der Waals surface area contributed by atoms with Crippen LogP contribution in [0.5, 0.6) is 0 Å². The maximum Gasteiger partial charge on any atom is 0.292 e. The topological polar surface area (TPSA) is 98.2 Å². The minimum absolute atomic E-state index is 0.0115. The normalized spacial score (nSPS) is 11.0. The second kappa shape index (κ2) is 8.65. The highest BCUT2D eigenvalue weighted by atomic mass is 35.5.